The molecule has 0 spiro atoms. The highest BCUT2D eigenvalue weighted by Gasteiger charge is 2.04. The van der Waals surface area contributed by atoms with E-state index in [0.717, 1.165) is 10.8 Å². The summed E-state index contributed by atoms with van der Waals surface area (Å²) in [4.78, 5) is 0. The molecule has 2 aromatic carbocycles. The van der Waals surface area contributed by atoms with Crippen molar-refractivity contribution in [1.29, 1.82) is 0 Å². The van der Waals surface area contributed by atoms with Crippen LogP contribution in [0.1, 0.15) is 0 Å². The van der Waals surface area contributed by atoms with Gasteiger partial charge in [0.25, 0.3) is 0 Å². The van der Waals surface area contributed by atoms with Gasteiger partial charge < -0.3 is 9.84 Å². The average molecular weight is 186 g/mol. The standard InChI is InChI=1S/C12H10O2/c1-2-14-11-8-4-6-9-5-3-7-10(13)12(9)11/h2-8,13H,1H2. The molecule has 0 saturated carbocycles. The summed E-state index contributed by atoms with van der Waals surface area (Å²) in [5, 5.41) is 11.3. The first-order valence-electron chi connectivity index (χ1n) is 4.31. The number of phenolic OH excluding ortho intramolecular Hbond substituents is 1. The Hall–Kier alpha value is -1.96. The summed E-state index contributed by atoms with van der Waals surface area (Å²) in [5.74, 6) is 0.843. The Morgan fingerprint density at radius 3 is 2.57 bits per heavy atom. The fraction of sp³-hybridized carbons (Fsp3) is 0. The van der Waals surface area contributed by atoms with Crippen molar-refractivity contribution in [3.05, 3.63) is 49.2 Å². The molecule has 0 aromatic heterocycles. The van der Waals surface area contributed by atoms with Crippen molar-refractivity contribution in [3.63, 3.8) is 0 Å². The minimum Gasteiger partial charge on any atom is -0.507 e. The highest BCUT2D eigenvalue weighted by molar-refractivity contribution is 5.93. The van der Waals surface area contributed by atoms with Crippen molar-refractivity contribution in [3.8, 4) is 11.5 Å². The van der Waals surface area contributed by atoms with Gasteiger partial charge >= 0.3 is 0 Å². The van der Waals surface area contributed by atoms with Gasteiger partial charge in [-0.25, -0.2) is 0 Å². The molecule has 0 aliphatic carbocycles. The number of fused-ring (bicyclic) bond motifs is 1. The topological polar surface area (TPSA) is 29.5 Å². The molecular weight excluding hydrogens is 176 g/mol. The molecule has 0 radical (unpaired) electrons. The smallest absolute Gasteiger partial charge is 0.138 e. The number of benzene rings is 2. The zero-order chi connectivity index (χ0) is 9.97. The second-order valence-electron chi connectivity index (χ2n) is 2.92. The second kappa shape index (κ2) is 3.42. The van der Waals surface area contributed by atoms with Crippen LogP contribution in [0.25, 0.3) is 10.8 Å². The SMILES string of the molecule is C=COc1cccc2cccc(O)c12. The number of hydrogen-bond donors (Lipinski definition) is 1. The Morgan fingerprint density at radius 1 is 1.14 bits per heavy atom. The molecule has 0 fully saturated rings. The third-order valence-electron chi connectivity index (χ3n) is 2.05. The van der Waals surface area contributed by atoms with E-state index in [-0.39, 0.29) is 5.75 Å². The van der Waals surface area contributed by atoms with Crippen LogP contribution < -0.4 is 4.74 Å². The van der Waals surface area contributed by atoms with Crippen LogP contribution in [0.2, 0.25) is 0 Å². The van der Waals surface area contributed by atoms with Crippen molar-refractivity contribution < 1.29 is 9.84 Å². The van der Waals surface area contributed by atoms with Gasteiger partial charge in [-0.1, -0.05) is 30.8 Å². The molecule has 0 atom stereocenters. The van der Waals surface area contributed by atoms with Gasteiger partial charge in [-0.2, -0.15) is 0 Å². The number of hydrogen-bond acceptors (Lipinski definition) is 2. The van der Waals surface area contributed by atoms with Crippen LogP contribution in [0.15, 0.2) is 49.2 Å². The van der Waals surface area contributed by atoms with E-state index in [9.17, 15) is 5.11 Å². The van der Waals surface area contributed by atoms with E-state index >= 15 is 0 Å². The Balaban J connectivity index is 2.77. The molecule has 0 unspecified atom stereocenters. The van der Waals surface area contributed by atoms with Gasteiger partial charge in [0, 0.05) is 0 Å². The number of phenols is 1. The average Bonchev–Trinajstić information content (AvgIpc) is 2.19. The molecular formula is C12H10O2. The summed E-state index contributed by atoms with van der Waals surface area (Å²) in [6.07, 6.45) is 1.35. The van der Waals surface area contributed by atoms with E-state index in [1.54, 1.807) is 18.2 Å². The van der Waals surface area contributed by atoms with Crippen molar-refractivity contribution in [2.24, 2.45) is 0 Å². The molecule has 2 heteroatoms. The summed E-state index contributed by atoms with van der Waals surface area (Å²) in [6.45, 7) is 3.49. The lowest BCUT2D eigenvalue weighted by atomic mass is 10.1. The Bertz CT molecular complexity index is 469. The number of aromatic hydroxyl groups is 1. The molecule has 0 bridgehead atoms. The third kappa shape index (κ3) is 1.31. The van der Waals surface area contributed by atoms with Gasteiger partial charge in [-0.3, -0.25) is 0 Å². The van der Waals surface area contributed by atoms with E-state index in [0.29, 0.717) is 5.75 Å². The van der Waals surface area contributed by atoms with Crippen molar-refractivity contribution in [2.75, 3.05) is 0 Å². The first kappa shape index (κ1) is 8.63. The summed E-state index contributed by atoms with van der Waals surface area (Å²) in [6, 6.07) is 11.0. The van der Waals surface area contributed by atoms with Crippen molar-refractivity contribution >= 4 is 10.8 Å². The van der Waals surface area contributed by atoms with Crippen molar-refractivity contribution in [1.82, 2.24) is 0 Å². The molecule has 0 saturated heterocycles. The van der Waals surface area contributed by atoms with Crippen LogP contribution in [0.3, 0.4) is 0 Å². The molecule has 0 heterocycles. The van der Waals surface area contributed by atoms with Crippen LogP contribution in [0.4, 0.5) is 0 Å². The number of rotatable bonds is 2. The molecule has 2 rings (SSSR count). The molecule has 2 nitrogen and oxygen atoms in total. The fourth-order valence-corrected chi connectivity index (χ4v) is 1.48. The van der Waals surface area contributed by atoms with Gasteiger partial charge in [0.2, 0.25) is 0 Å². The normalized spacial score (nSPS) is 10.0. The lowest BCUT2D eigenvalue weighted by Gasteiger charge is -2.06. The highest BCUT2D eigenvalue weighted by atomic mass is 16.5. The molecule has 70 valence electrons. The van der Waals surface area contributed by atoms with Crippen molar-refractivity contribution in [2.45, 2.75) is 0 Å². The van der Waals surface area contributed by atoms with E-state index < -0.39 is 0 Å². The third-order valence-corrected chi connectivity index (χ3v) is 2.05. The van der Waals surface area contributed by atoms with Crippen LogP contribution >= 0.6 is 0 Å². The molecule has 0 aliphatic heterocycles. The Labute approximate surface area is 82.1 Å². The van der Waals surface area contributed by atoms with E-state index in [4.69, 9.17) is 4.74 Å². The molecule has 0 aliphatic rings. The summed E-state index contributed by atoms with van der Waals surface area (Å²) >= 11 is 0. The summed E-state index contributed by atoms with van der Waals surface area (Å²) in [7, 11) is 0. The van der Waals surface area contributed by atoms with E-state index in [1.165, 1.54) is 6.26 Å². The highest BCUT2D eigenvalue weighted by Crippen LogP contribution is 2.32. The van der Waals surface area contributed by atoms with Crippen LogP contribution in [-0.2, 0) is 0 Å². The summed E-state index contributed by atoms with van der Waals surface area (Å²) < 4.78 is 5.20. The van der Waals surface area contributed by atoms with Crippen LogP contribution in [0, 0.1) is 0 Å². The monoisotopic (exact) mass is 186 g/mol. The molecule has 0 amide bonds. The minimum atomic E-state index is 0.222. The van der Waals surface area contributed by atoms with Gasteiger partial charge in [0.05, 0.1) is 11.6 Å². The lowest BCUT2D eigenvalue weighted by molar-refractivity contribution is 0.468. The van der Waals surface area contributed by atoms with Gasteiger partial charge in [-0.15, -0.1) is 0 Å². The maximum absolute atomic E-state index is 9.66. The minimum absolute atomic E-state index is 0.222. The maximum Gasteiger partial charge on any atom is 0.138 e. The Morgan fingerprint density at radius 2 is 1.86 bits per heavy atom. The van der Waals surface area contributed by atoms with Gasteiger partial charge in [0.1, 0.15) is 11.5 Å². The molecule has 1 N–H and O–H groups in total. The predicted molar refractivity (Wildman–Crippen MR) is 56.4 cm³/mol. The zero-order valence-electron chi connectivity index (χ0n) is 7.60. The largest absolute Gasteiger partial charge is 0.507 e. The van der Waals surface area contributed by atoms with Gasteiger partial charge in [-0.05, 0) is 17.5 Å². The lowest BCUT2D eigenvalue weighted by Crippen LogP contribution is -1.83. The Kier molecular flexibility index (Phi) is 2.11. The van der Waals surface area contributed by atoms with Crippen LogP contribution in [0.5, 0.6) is 11.5 Å². The first-order valence-corrected chi connectivity index (χ1v) is 4.31. The second-order valence-corrected chi connectivity index (χ2v) is 2.92. The quantitative estimate of drug-likeness (QED) is 0.730. The van der Waals surface area contributed by atoms with Gasteiger partial charge in [0.15, 0.2) is 0 Å². The van der Waals surface area contributed by atoms with E-state index in [2.05, 4.69) is 6.58 Å². The first-order chi connectivity index (χ1) is 6.83. The van der Waals surface area contributed by atoms with E-state index in [1.807, 2.05) is 18.2 Å². The number of ether oxygens (including phenoxy) is 1. The predicted octanol–water partition coefficient (Wildman–Crippen LogP) is 3.07. The zero-order valence-corrected chi connectivity index (χ0v) is 7.60. The maximum atomic E-state index is 9.66. The summed E-state index contributed by atoms with van der Waals surface area (Å²) in [5.41, 5.74) is 0. The molecule has 14 heavy (non-hydrogen) atoms. The molecule has 2 aromatic rings. The van der Waals surface area contributed by atoms with Crippen LogP contribution in [-0.4, -0.2) is 5.11 Å². The fourth-order valence-electron chi connectivity index (χ4n) is 1.48.